The Labute approximate surface area is 142 Å². The van der Waals surface area contributed by atoms with Crippen LogP contribution in [0.5, 0.6) is 0 Å². The number of carbonyl (C=O) groups is 2. The minimum atomic E-state index is -1.39. The lowest BCUT2D eigenvalue weighted by atomic mass is 9.91. The fourth-order valence-electron chi connectivity index (χ4n) is 3.30. The standard InChI is InChI=1S/C12H23N.C4H6N4O3/c1-3-7-11(8-4-1)13-12-9-5-2-6-10-12;5-3(9)1-2(4(10)11)7-8-6/h11-13H,1-10H2;2H,1H2,(H2,5,9)(H,10,11)/t;2-/m.0/s1. The molecule has 8 nitrogen and oxygen atoms in total. The Balaban J connectivity index is 0.000000245. The Morgan fingerprint density at radius 1 is 1.08 bits per heavy atom. The topological polar surface area (TPSA) is 141 Å². The molecule has 1 atom stereocenters. The van der Waals surface area contributed by atoms with Crippen molar-refractivity contribution in [2.75, 3.05) is 0 Å². The van der Waals surface area contributed by atoms with Gasteiger partial charge in [0, 0.05) is 23.4 Å². The second kappa shape index (κ2) is 11.7. The van der Waals surface area contributed by atoms with Crippen molar-refractivity contribution >= 4 is 11.9 Å². The van der Waals surface area contributed by atoms with Gasteiger partial charge in [-0.3, -0.25) is 9.59 Å². The predicted molar refractivity (Wildman–Crippen MR) is 91.3 cm³/mol. The summed E-state index contributed by atoms with van der Waals surface area (Å²) in [6.07, 6.45) is 14.1. The third-order valence-electron chi connectivity index (χ3n) is 4.55. The van der Waals surface area contributed by atoms with Gasteiger partial charge in [0.1, 0.15) is 6.04 Å². The first kappa shape index (κ1) is 20.3. The third-order valence-corrected chi connectivity index (χ3v) is 4.55. The lowest BCUT2D eigenvalue weighted by Crippen LogP contribution is -2.40. The van der Waals surface area contributed by atoms with Gasteiger partial charge in [-0.15, -0.1) is 0 Å². The van der Waals surface area contributed by atoms with Gasteiger partial charge in [-0.2, -0.15) is 0 Å². The SMILES string of the molecule is C1CCC(NC2CCCCC2)CC1.[N-]=[N+]=N[C@@H](CC(N)=O)C(=O)O. The number of hydrogen-bond acceptors (Lipinski definition) is 4. The van der Waals surface area contributed by atoms with Gasteiger partial charge in [0.05, 0.1) is 0 Å². The Kier molecular flexibility index (Phi) is 9.88. The second-order valence-corrected chi connectivity index (χ2v) is 6.57. The molecule has 0 aromatic carbocycles. The number of carbonyl (C=O) groups excluding carboxylic acids is 1. The zero-order valence-electron chi connectivity index (χ0n) is 14.2. The molecule has 0 unspecified atom stereocenters. The molecule has 24 heavy (non-hydrogen) atoms. The van der Waals surface area contributed by atoms with Gasteiger partial charge in [0.15, 0.2) is 0 Å². The van der Waals surface area contributed by atoms with E-state index >= 15 is 0 Å². The molecule has 0 saturated heterocycles. The highest BCUT2D eigenvalue weighted by Gasteiger charge is 2.19. The highest BCUT2D eigenvalue weighted by Crippen LogP contribution is 2.22. The Morgan fingerprint density at radius 2 is 1.54 bits per heavy atom. The molecule has 0 aromatic heterocycles. The number of azide groups is 1. The Morgan fingerprint density at radius 3 is 1.88 bits per heavy atom. The molecule has 0 aromatic rings. The van der Waals surface area contributed by atoms with Gasteiger partial charge in [-0.25, -0.2) is 0 Å². The Hall–Kier alpha value is -1.79. The van der Waals surface area contributed by atoms with Crippen LogP contribution in [0.25, 0.3) is 10.4 Å². The molecular weight excluding hydrogens is 310 g/mol. The third kappa shape index (κ3) is 8.74. The van der Waals surface area contributed by atoms with Crippen molar-refractivity contribution in [3.8, 4) is 0 Å². The van der Waals surface area contributed by atoms with Crippen molar-refractivity contribution in [3.05, 3.63) is 10.4 Å². The normalized spacial score (nSPS) is 20.2. The molecule has 2 fully saturated rings. The molecule has 2 rings (SSSR count). The zero-order valence-corrected chi connectivity index (χ0v) is 14.2. The average molecular weight is 339 g/mol. The first-order valence-electron chi connectivity index (χ1n) is 8.84. The highest BCUT2D eigenvalue weighted by molar-refractivity contribution is 5.83. The van der Waals surface area contributed by atoms with E-state index in [1.807, 2.05) is 0 Å². The Bertz CT molecular complexity index is 421. The maximum absolute atomic E-state index is 10.2. The first-order valence-corrected chi connectivity index (χ1v) is 8.84. The summed E-state index contributed by atoms with van der Waals surface area (Å²) in [7, 11) is 0. The largest absolute Gasteiger partial charge is 0.481 e. The summed E-state index contributed by atoms with van der Waals surface area (Å²) >= 11 is 0. The molecule has 0 aliphatic heterocycles. The van der Waals surface area contributed by atoms with Gasteiger partial charge < -0.3 is 16.2 Å². The molecule has 0 bridgehead atoms. The number of nitrogens with one attached hydrogen (secondary N) is 1. The van der Waals surface area contributed by atoms with E-state index in [-0.39, 0.29) is 0 Å². The van der Waals surface area contributed by atoms with Crippen LogP contribution in [0.1, 0.15) is 70.6 Å². The molecule has 0 radical (unpaired) electrons. The summed E-state index contributed by atoms with van der Waals surface area (Å²) in [5.74, 6) is -2.17. The molecule has 4 N–H and O–H groups in total. The molecule has 8 heteroatoms. The van der Waals surface area contributed by atoms with E-state index in [2.05, 4.69) is 21.1 Å². The van der Waals surface area contributed by atoms with Crippen LogP contribution in [0.15, 0.2) is 5.11 Å². The van der Waals surface area contributed by atoms with E-state index in [1.54, 1.807) is 0 Å². The van der Waals surface area contributed by atoms with E-state index < -0.39 is 24.3 Å². The number of rotatable bonds is 6. The summed E-state index contributed by atoms with van der Waals surface area (Å²) in [6.45, 7) is 0. The summed E-state index contributed by atoms with van der Waals surface area (Å²) in [5.41, 5.74) is 12.5. The number of aliphatic carboxylic acids is 1. The fourth-order valence-corrected chi connectivity index (χ4v) is 3.30. The van der Waals surface area contributed by atoms with Crippen LogP contribution < -0.4 is 11.1 Å². The van der Waals surface area contributed by atoms with Crippen LogP contribution in [0.3, 0.4) is 0 Å². The van der Waals surface area contributed by atoms with Gasteiger partial charge >= 0.3 is 5.97 Å². The lowest BCUT2D eigenvalue weighted by Gasteiger charge is -2.30. The van der Waals surface area contributed by atoms with Crippen LogP contribution in [0.2, 0.25) is 0 Å². The van der Waals surface area contributed by atoms with E-state index in [1.165, 1.54) is 64.2 Å². The number of carboxylic acids is 1. The van der Waals surface area contributed by atoms with Gasteiger partial charge in [-0.1, -0.05) is 43.6 Å². The smallest absolute Gasteiger partial charge is 0.312 e. The van der Waals surface area contributed by atoms with Gasteiger partial charge in [-0.05, 0) is 31.2 Å². The quantitative estimate of drug-likeness (QED) is 0.388. The molecule has 2 saturated carbocycles. The average Bonchev–Trinajstić information content (AvgIpc) is 2.56. The van der Waals surface area contributed by atoms with E-state index in [0.29, 0.717) is 0 Å². The first-order chi connectivity index (χ1) is 11.5. The summed E-state index contributed by atoms with van der Waals surface area (Å²) in [5, 5.41) is 15.0. The van der Waals surface area contributed by atoms with Crippen LogP contribution in [0.4, 0.5) is 0 Å². The molecule has 2 aliphatic carbocycles. The number of nitrogens with two attached hydrogens (primary N) is 1. The van der Waals surface area contributed by atoms with Crippen molar-refractivity contribution in [3.63, 3.8) is 0 Å². The van der Waals surface area contributed by atoms with Crippen molar-refractivity contribution in [1.82, 2.24) is 5.32 Å². The fraction of sp³-hybridized carbons (Fsp3) is 0.875. The zero-order chi connectivity index (χ0) is 17.8. The molecular formula is C16H29N5O3. The van der Waals surface area contributed by atoms with E-state index in [0.717, 1.165) is 12.1 Å². The maximum Gasteiger partial charge on any atom is 0.312 e. The molecule has 136 valence electrons. The van der Waals surface area contributed by atoms with E-state index in [4.69, 9.17) is 10.6 Å². The number of carboxylic acid groups (broad SMARTS) is 1. The predicted octanol–water partition coefficient (Wildman–Crippen LogP) is 2.87. The van der Waals surface area contributed by atoms with Gasteiger partial charge in [0.25, 0.3) is 0 Å². The van der Waals surface area contributed by atoms with E-state index in [9.17, 15) is 9.59 Å². The molecule has 0 spiro atoms. The van der Waals surface area contributed by atoms with Crippen LogP contribution in [0, 0.1) is 0 Å². The number of nitrogens with zero attached hydrogens (tertiary/aromatic N) is 3. The lowest BCUT2D eigenvalue weighted by molar-refractivity contribution is -0.140. The monoisotopic (exact) mass is 339 g/mol. The van der Waals surface area contributed by atoms with Crippen LogP contribution >= 0.6 is 0 Å². The summed E-state index contributed by atoms with van der Waals surface area (Å²) in [6, 6.07) is 0.353. The molecule has 0 heterocycles. The van der Waals surface area contributed by atoms with Crippen molar-refractivity contribution in [2.24, 2.45) is 10.8 Å². The minimum absolute atomic E-state index is 0.473. The second-order valence-electron chi connectivity index (χ2n) is 6.57. The summed E-state index contributed by atoms with van der Waals surface area (Å²) in [4.78, 5) is 22.6. The number of amides is 1. The maximum atomic E-state index is 10.2. The summed E-state index contributed by atoms with van der Waals surface area (Å²) < 4.78 is 0. The van der Waals surface area contributed by atoms with Crippen molar-refractivity contribution < 1.29 is 14.7 Å². The minimum Gasteiger partial charge on any atom is -0.481 e. The molecule has 1 amide bonds. The van der Waals surface area contributed by atoms with Gasteiger partial charge in [0.2, 0.25) is 5.91 Å². The van der Waals surface area contributed by atoms with Crippen LogP contribution in [-0.2, 0) is 9.59 Å². The molecule has 2 aliphatic rings. The van der Waals surface area contributed by atoms with Crippen molar-refractivity contribution in [1.29, 1.82) is 0 Å². The highest BCUT2D eigenvalue weighted by atomic mass is 16.4. The van der Waals surface area contributed by atoms with Crippen molar-refractivity contribution in [2.45, 2.75) is 88.8 Å². The number of hydrogen-bond donors (Lipinski definition) is 3. The number of primary amides is 1. The van der Waals surface area contributed by atoms with Crippen LogP contribution in [-0.4, -0.2) is 35.1 Å².